The topological polar surface area (TPSA) is 55.8 Å². The van der Waals surface area contributed by atoms with Crippen LogP contribution in [0.5, 0.6) is 0 Å². The lowest BCUT2D eigenvalue weighted by Gasteiger charge is -2.62. The molecule has 1 aliphatic heterocycles. The normalized spacial score (nSPS) is 43.5. The van der Waals surface area contributed by atoms with Gasteiger partial charge in [-0.25, -0.2) is 0 Å². The van der Waals surface area contributed by atoms with Crippen molar-refractivity contribution >= 4 is 5.78 Å². The van der Waals surface area contributed by atoms with Gasteiger partial charge in [0.1, 0.15) is 0 Å². The Bertz CT molecular complexity index is 502. The highest BCUT2D eigenvalue weighted by molar-refractivity contribution is 5.95. The molecule has 0 aromatic carbocycles. The van der Waals surface area contributed by atoms with Gasteiger partial charge in [0.25, 0.3) is 0 Å². The molecule has 0 aromatic rings. The highest BCUT2D eigenvalue weighted by Crippen LogP contribution is 2.64. The molecule has 4 nitrogen and oxygen atoms in total. The fraction of sp³-hybridized carbons (Fsp3) is 0.833. The van der Waals surface area contributed by atoms with E-state index in [1.807, 2.05) is 6.92 Å². The number of carbonyl (C=O) groups is 1. The molecule has 4 atom stereocenters. The van der Waals surface area contributed by atoms with Gasteiger partial charge in [-0.1, -0.05) is 13.8 Å². The van der Waals surface area contributed by atoms with E-state index in [2.05, 4.69) is 12.8 Å². The fourth-order valence-electron chi connectivity index (χ4n) is 5.40. The van der Waals surface area contributed by atoms with Gasteiger partial charge in [-0.05, 0) is 37.5 Å². The Balaban J connectivity index is 1.99. The summed E-state index contributed by atoms with van der Waals surface area (Å²) in [6, 6.07) is 0. The van der Waals surface area contributed by atoms with Gasteiger partial charge in [-0.2, -0.15) is 0 Å². The maximum absolute atomic E-state index is 11.9. The van der Waals surface area contributed by atoms with Crippen molar-refractivity contribution in [2.24, 2.45) is 16.7 Å². The van der Waals surface area contributed by atoms with E-state index in [-0.39, 0.29) is 23.5 Å². The van der Waals surface area contributed by atoms with Gasteiger partial charge >= 0.3 is 0 Å². The Kier molecular flexibility index (Phi) is 3.87. The van der Waals surface area contributed by atoms with Crippen molar-refractivity contribution in [3.8, 4) is 12.3 Å². The number of hydrogen-bond donors (Lipinski definition) is 1. The van der Waals surface area contributed by atoms with Crippen LogP contribution in [0.2, 0.25) is 0 Å². The molecule has 3 rings (SSSR count). The number of ether oxygens (including phenoxy) is 2. The zero-order valence-electron chi connectivity index (χ0n) is 13.6. The monoisotopic (exact) mass is 306 g/mol. The number of Topliss-reactive ketones (excluding diaryl/α,β-unsaturated/α-hetero) is 1. The lowest BCUT2D eigenvalue weighted by molar-refractivity contribution is -0.301. The number of aliphatic hydroxyl groups excluding tert-OH is 1. The molecule has 3 fully saturated rings. The second-order valence-electron chi connectivity index (χ2n) is 7.62. The molecule has 1 saturated heterocycles. The molecule has 2 aliphatic carbocycles. The van der Waals surface area contributed by atoms with Crippen molar-refractivity contribution in [3.05, 3.63) is 0 Å². The molecule has 2 saturated carbocycles. The van der Waals surface area contributed by atoms with Gasteiger partial charge in [-0.3, -0.25) is 4.79 Å². The quantitative estimate of drug-likeness (QED) is 0.628. The third-order valence-electron chi connectivity index (χ3n) is 6.59. The summed E-state index contributed by atoms with van der Waals surface area (Å²) in [5.74, 6) is 1.62. The molecular weight excluding hydrogens is 280 g/mol. The summed E-state index contributed by atoms with van der Waals surface area (Å²) in [4.78, 5) is 11.9. The van der Waals surface area contributed by atoms with Gasteiger partial charge in [-0.15, -0.1) is 6.42 Å². The average molecular weight is 306 g/mol. The molecule has 4 heteroatoms. The third kappa shape index (κ3) is 2.06. The van der Waals surface area contributed by atoms with E-state index < -0.39 is 17.3 Å². The van der Waals surface area contributed by atoms with E-state index in [0.717, 1.165) is 25.7 Å². The first kappa shape index (κ1) is 16.0. The van der Waals surface area contributed by atoms with E-state index in [0.29, 0.717) is 19.6 Å². The summed E-state index contributed by atoms with van der Waals surface area (Å²) < 4.78 is 12.2. The first-order chi connectivity index (χ1) is 10.4. The minimum absolute atomic E-state index is 0.174. The third-order valence-corrected chi connectivity index (χ3v) is 6.59. The zero-order chi connectivity index (χ0) is 16.0. The number of fused-ring (bicyclic) bond motifs is 2. The Morgan fingerprint density at radius 1 is 1.27 bits per heavy atom. The van der Waals surface area contributed by atoms with Crippen molar-refractivity contribution in [1.29, 1.82) is 0 Å². The van der Waals surface area contributed by atoms with Gasteiger partial charge < -0.3 is 14.6 Å². The Morgan fingerprint density at radius 3 is 2.59 bits per heavy atom. The lowest BCUT2D eigenvalue weighted by atomic mass is 9.47. The smallest absolute Gasteiger partial charge is 0.205 e. The van der Waals surface area contributed by atoms with Crippen LogP contribution in [0.1, 0.15) is 52.4 Å². The molecule has 0 unspecified atom stereocenters. The van der Waals surface area contributed by atoms with Crippen LogP contribution in [-0.4, -0.2) is 36.0 Å². The van der Waals surface area contributed by atoms with Crippen LogP contribution in [0.3, 0.4) is 0 Å². The highest BCUT2D eigenvalue weighted by atomic mass is 16.7. The second-order valence-corrected chi connectivity index (χ2v) is 7.62. The Morgan fingerprint density at radius 2 is 1.95 bits per heavy atom. The Hall–Kier alpha value is -0.890. The number of hydrogen-bond acceptors (Lipinski definition) is 4. The number of terminal acetylenes is 1. The van der Waals surface area contributed by atoms with Crippen LogP contribution in [0.25, 0.3) is 0 Å². The average Bonchev–Trinajstić information content (AvgIpc) is 2.96. The molecule has 0 bridgehead atoms. The van der Waals surface area contributed by atoms with Crippen LogP contribution in [0.4, 0.5) is 0 Å². The van der Waals surface area contributed by atoms with Gasteiger partial charge in [0.15, 0.2) is 5.79 Å². The van der Waals surface area contributed by atoms with Crippen LogP contribution >= 0.6 is 0 Å². The number of rotatable bonds is 2. The first-order valence-corrected chi connectivity index (χ1v) is 8.33. The summed E-state index contributed by atoms with van der Waals surface area (Å²) in [5, 5.41) is 10.7. The van der Waals surface area contributed by atoms with Gasteiger partial charge in [0.2, 0.25) is 5.78 Å². The molecule has 1 N–H and O–H groups in total. The summed E-state index contributed by atoms with van der Waals surface area (Å²) in [6.07, 6.45) is 9.41. The van der Waals surface area contributed by atoms with Crippen molar-refractivity contribution in [3.63, 3.8) is 0 Å². The summed E-state index contributed by atoms with van der Waals surface area (Å²) in [7, 11) is 0. The lowest BCUT2D eigenvalue weighted by Crippen LogP contribution is -2.63. The minimum Gasteiger partial charge on any atom is -0.393 e. The Labute approximate surface area is 132 Å². The summed E-state index contributed by atoms with van der Waals surface area (Å²) in [6.45, 7) is 5.49. The van der Waals surface area contributed by atoms with E-state index in [1.165, 1.54) is 0 Å². The fourth-order valence-corrected chi connectivity index (χ4v) is 5.40. The standard InChI is InChI=1S/C18H26O4/c1-4-13(19)12-16(2)14-6-5-8-18(21-10-11-22-18)17(14,3)9-7-15(16)20/h1,14-15,20H,5-12H2,2-3H3/t14-,15-,16-,17-/m0/s1. The first-order valence-electron chi connectivity index (χ1n) is 8.33. The largest absolute Gasteiger partial charge is 0.393 e. The maximum atomic E-state index is 11.9. The van der Waals surface area contributed by atoms with Crippen molar-refractivity contribution in [1.82, 2.24) is 0 Å². The van der Waals surface area contributed by atoms with Crippen LogP contribution in [0, 0.1) is 29.1 Å². The van der Waals surface area contributed by atoms with Gasteiger partial charge in [0.05, 0.1) is 19.3 Å². The SMILES string of the molecule is C#CC(=O)C[C@]1(C)[C@@H](O)CC[C@@]2(C)[C@H]1CCCC21OCCO1. The second kappa shape index (κ2) is 5.33. The van der Waals surface area contributed by atoms with Crippen molar-refractivity contribution < 1.29 is 19.4 Å². The molecule has 3 aliphatic rings. The van der Waals surface area contributed by atoms with E-state index in [1.54, 1.807) is 0 Å². The predicted octanol–water partition coefficient (Wildman–Crippen LogP) is 2.29. The van der Waals surface area contributed by atoms with Crippen molar-refractivity contribution in [2.45, 2.75) is 64.3 Å². The molecule has 1 spiro atoms. The minimum atomic E-state index is -0.545. The molecule has 122 valence electrons. The van der Waals surface area contributed by atoms with E-state index >= 15 is 0 Å². The maximum Gasteiger partial charge on any atom is 0.205 e. The summed E-state index contributed by atoms with van der Waals surface area (Å²) >= 11 is 0. The highest BCUT2D eigenvalue weighted by Gasteiger charge is 2.65. The molecule has 0 amide bonds. The van der Waals surface area contributed by atoms with E-state index in [9.17, 15) is 9.90 Å². The molecule has 0 aromatic heterocycles. The molecule has 22 heavy (non-hydrogen) atoms. The van der Waals surface area contributed by atoms with Crippen LogP contribution in [0.15, 0.2) is 0 Å². The van der Waals surface area contributed by atoms with Crippen molar-refractivity contribution in [2.75, 3.05) is 13.2 Å². The zero-order valence-corrected chi connectivity index (χ0v) is 13.6. The molecular formula is C18H26O4. The molecule has 0 radical (unpaired) electrons. The van der Waals surface area contributed by atoms with E-state index in [4.69, 9.17) is 15.9 Å². The number of aliphatic hydroxyl groups is 1. The number of carbonyl (C=O) groups excluding carboxylic acids is 1. The molecule has 1 heterocycles. The van der Waals surface area contributed by atoms with Crippen LogP contribution < -0.4 is 0 Å². The predicted molar refractivity (Wildman–Crippen MR) is 81.9 cm³/mol. The number of ketones is 1. The van der Waals surface area contributed by atoms with Crippen LogP contribution in [-0.2, 0) is 14.3 Å². The summed E-state index contributed by atoms with van der Waals surface area (Å²) in [5.41, 5.74) is -0.677. The van der Waals surface area contributed by atoms with Gasteiger partial charge in [0, 0.05) is 23.7 Å².